The second-order valence-electron chi connectivity index (χ2n) is 5.85. The van der Waals surface area contributed by atoms with Crippen molar-refractivity contribution in [3.63, 3.8) is 0 Å². The fraction of sp³-hybridized carbons (Fsp3) is 0.400. The van der Waals surface area contributed by atoms with Crippen LogP contribution in [0.2, 0.25) is 0 Å². The minimum atomic E-state index is -0.238. The molecule has 0 radical (unpaired) electrons. The Morgan fingerprint density at radius 2 is 2.24 bits per heavy atom. The lowest BCUT2D eigenvalue weighted by Gasteiger charge is -2.18. The van der Waals surface area contributed by atoms with Gasteiger partial charge in [-0.1, -0.05) is 0 Å². The van der Waals surface area contributed by atoms with Gasteiger partial charge in [0.25, 0.3) is 0 Å². The standard InChI is InChI=1S/C15H18N4OS/c1-10-11(5-6-21-10)7-13(20)17-14-12(8-16)9-19(18-14)15(2,3)4/h5-6,9H,7H2,1-4H3,(H,17,18,20). The lowest BCUT2D eigenvalue weighted by molar-refractivity contribution is -0.115. The average molecular weight is 302 g/mol. The number of amides is 1. The zero-order chi connectivity index (χ0) is 15.6. The molecule has 2 heterocycles. The molecule has 0 bridgehead atoms. The number of hydrogen-bond acceptors (Lipinski definition) is 4. The molecule has 0 unspecified atom stereocenters. The van der Waals surface area contributed by atoms with Gasteiger partial charge in [0.2, 0.25) is 5.91 Å². The summed E-state index contributed by atoms with van der Waals surface area (Å²) in [4.78, 5) is 13.2. The highest BCUT2D eigenvalue weighted by atomic mass is 32.1. The highest BCUT2D eigenvalue weighted by Gasteiger charge is 2.19. The molecule has 0 fully saturated rings. The molecule has 0 atom stereocenters. The molecule has 0 saturated heterocycles. The van der Waals surface area contributed by atoms with Gasteiger partial charge in [-0.3, -0.25) is 9.48 Å². The zero-order valence-corrected chi connectivity index (χ0v) is 13.4. The predicted octanol–water partition coefficient (Wildman–Crippen LogP) is 3.06. The maximum absolute atomic E-state index is 12.1. The normalized spacial score (nSPS) is 11.2. The van der Waals surface area contributed by atoms with Gasteiger partial charge in [0.05, 0.1) is 12.0 Å². The molecular weight excluding hydrogens is 284 g/mol. The van der Waals surface area contributed by atoms with Crippen molar-refractivity contribution in [2.75, 3.05) is 5.32 Å². The van der Waals surface area contributed by atoms with Crippen molar-refractivity contribution in [2.24, 2.45) is 0 Å². The predicted molar refractivity (Wildman–Crippen MR) is 83.3 cm³/mol. The molecule has 21 heavy (non-hydrogen) atoms. The van der Waals surface area contributed by atoms with E-state index in [2.05, 4.69) is 16.5 Å². The summed E-state index contributed by atoms with van der Waals surface area (Å²) in [6, 6.07) is 4.01. The Bertz CT molecular complexity index is 700. The van der Waals surface area contributed by atoms with Crippen LogP contribution in [0.5, 0.6) is 0 Å². The minimum absolute atomic E-state index is 0.160. The molecule has 110 valence electrons. The van der Waals surface area contributed by atoms with Crippen molar-refractivity contribution in [1.82, 2.24) is 9.78 Å². The summed E-state index contributed by atoms with van der Waals surface area (Å²) in [7, 11) is 0. The summed E-state index contributed by atoms with van der Waals surface area (Å²) in [5.41, 5.74) is 1.14. The maximum atomic E-state index is 12.1. The van der Waals surface area contributed by atoms with Crippen molar-refractivity contribution in [3.8, 4) is 6.07 Å². The molecule has 2 aromatic rings. The smallest absolute Gasteiger partial charge is 0.230 e. The molecule has 1 N–H and O–H groups in total. The van der Waals surface area contributed by atoms with Gasteiger partial charge in [-0.25, -0.2) is 0 Å². The summed E-state index contributed by atoms with van der Waals surface area (Å²) in [6.45, 7) is 7.95. The summed E-state index contributed by atoms with van der Waals surface area (Å²) in [5, 5.41) is 18.2. The number of aryl methyl sites for hydroxylation is 1. The number of hydrogen-bond donors (Lipinski definition) is 1. The first-order valence-corrected chi connectivity index (χ1v) is 7.52. The van der Waals surface area contributed by atoms with E-state index in [4.69, 9.17) is 5.26 Å². The van der Waals surface area contributed by atoms with Crippen LogP contribution in [-0.2, 0) is 16.8 Å². The zero-order valence-electron chi connectivity index (χ0n) is 12.6. The van der Waals surface area contributed by atoms with E-state index >= 15 is 0 Å². The van der Waals surface area contributed by atoms with Crippen LogP contribution in [0.15, 0.2) is 17.6 Å². The number of carbonyl (C=O) groups excluding carboxylic acids is 1. The second-order valence-corrected chi connectivity index (χ2v) is 6.97. The van der Waals surface area contributed by atoms with Gasteiger partial charge in [-0.05, 0) is 44.7 Å². The molecule has 0 saturated carbocycles. The maximum Gasteiger partial charge on any atom is 0.230 e. The van der Waals surface area contributed by atoms with Crippen LogP contribution >= 0.6 is 11.3 Å². The van der Waals surface area contributed by atoms with E-state index in [-0.39, 0.29) is 11.4 Å². The van der Waals surface area contributed by atoms with E-state index in [1.807, 2.05) is 39.1 Å². The van der Waals surface area contributed by atoms with Crippen LogP contribution in [0, 0.1) is 18.3 Å². The molecule has 0 aliphatic rings. The van der Waals surface area contributed by atoms with Crippen molar-refractivity contribution in [3.05, 3.63) is 33.6 Å². The minimum Gasteiger partial charge on any atom is -0.308 e. The van der Waals surface area contributed by atoms with Gasteiger partial charge in [-0.2, -0.15) is 10.4 Å². The molecular formula is C15H18N4OS. The first kappa shape index (κ1) is 15.3. The van der Waals surface area contributed by atoms with E-state index in [1.54, 1.807) is 22.2 Å². The number of nitrogens with zero attached hydrogens (tertiary/aromatic N) is 3. The molecule has 0 aliphatic carbocycles. The van der Waals surface area contributed by atoms with Gasteiger partial charge >= 0.3 is 0 Å². The monoisotopic (exact) mass is 302 g/mol. The van der Waals surface area contributed by atoms with Crippen LogP contribution in [-0.4, -0.2) is 15.7 Å². The summed E-state index contributed by atoms with van der Waals surface area (Å²) >= 11 is 1.62. The second kappa shape index (κ2) is 5.70. The largest absolute Gasteiger partial charge is 0.308 e. The molecule has 0 spiro atoms. The first-order chi connectivity index (χ1) is 9.81. The Labute approximate surface area is 128 Å². The van der Waals surface area contributed by atoms with Gasteiger partial charge in [0, 0.05) is 11.1 Å². The Hall–Kier alpha value is -2.13. The number of carbonyl (C=O) groups is 1. The van der Waals surface area contributed by atoms with Crippen molar-refractivity contribution in [1.29, 1.82) is 5.26 Å². The summed E-state index contributed by atoms with van der Waals surface area (Å²) < 4.78 is 1.69. The van der Waals surface area contributed by atoms with Crippen molar-refractivity contribution in [2.45, 2.75) is 39.7 Å². The van der Waals surface area contributed by atoms with Crippen molar-refractivity contribution >= 4 is 23.1 Å². The number of anilines is 1. The van der Waals surface area contributed by atoms with Crippen LogP contribution in [0.25, 0.3) is 0 Å². The van der Waals surface area contributed by atoms with Gasteiger partial charge in [0.15, 0.2) is 5.82 Å². The molecule has 5 nitrogen and oxygen atoms in total. The van der Waals surface area contributed by atoms with E-state index in [0.29, 0.717) is 17.8 Å². The van der Waals surface area contributed by atoms with Gasteiger partial charge < -0.3 is 5.32 Å². The number of aromatic nitrogens is 2. The fourth-order valence-electron chi connectivity index (χ4n) is 1.84. The Balaban J connectivity index is 2.16. The molecule has 0 aliphatic heterocycles. The summed E-state index contributed by atoms with van der Waals surface area (Å²) in [6.07, 6.45) is 1.95. The van der Waals surface area contributed by atoms with Gasteiger partial charge in [0.1, 0.15) is 11.6 Å². The molecule has 0 aromatic carbocycles. The van der Waals surface area contributed by atoms with Crippen LogP contribution < -0.4 is 5.32 Å². The average Bonchev–Trinajstić information content (AvgIpc) is 2.96. The van der Waals surface area contributed by atoms with Crippen LogP contribution in [0.3, 0.4) is 0 Å². The molecule has 2 aromatic heterocycles. The lowest BCUT2D eigenvalue weighted by atomic mass is 10.1. The number of nitriles is 1. The van der Waals surface area contributed by atoms with E-state index in [1.165, 1.54) is 0 Å². The highest BCUT2D eigenvalue weighted by molar-refractivity contribution is 7.10. The topological polar surface area (TPSA) is 70.7 Å². The van der Waals surface area contributed by atoms with Crippen molar-refractivity contribution < 1.29 is 4.79 Å². The van der Waals surface area contributed by atoms with E-state index < -0.39 is 0 Å². The third-order valence-electron chi connectivity index (χ3n) is 3.10. The Kier molecular flexibility index (Phi) is 4.14. The number of thiophene rings is 1. The third kappa shape index (κ3) is 3.50. The Morgan fingerprint density at radius 1 is 1.52 bits per heavy atom. The number of rotatable bonds is 3. The van der Waals surface area contributed by atoms with Crippen LogP contribution in [0.1, 0.15) is 36.8 Å². The highest BCUT2D eigenvalue weighted by Crippen LogP contribution is 2.20. The van der Waals surface area contributed by atoms with E-state index in [0.717, 1.165) is 10.4 Å². The molecule has 2 rings (SSSR count). The first-order valence-electron chi connectivity index (χ1n) is 6.64. The Morgan fingerprint density at radius 3 is 2.76 bits per heavy atom. The molecule has 1 amide bonds. The quantitative estimate of drug-likeness (QED) is 0.947. The van der Waals surface area contributed by atoms with Gasteiger partial charge in [-0.15, -0.1) is 11.3 Å². The summed E-state index contributed by atoms with van der Waals surface area (Å²) in [5.74, 6) is 0.164. The number of nitrogens with one attached hydrogen (secondary N) is 1. The third-order valence-corrected chi connectivity index (χ3v) is 3.98. The van der Waals surface area contributed by atoms with E-state index in [9.17, 15) is 4.79 Å². The molecule has 6 heteroatoms. The fourth-order valence-corrected chi connectivity index (χ4v) is 2.56. The lowest BCUT2D eigenvalue weighted by Crippen LogP contribution is -2.23. The SMILES string of the molecule is Cc1sccc1CC(=O)Nc1nn(C(C)(C)C)cc1C#N. The van der Waals surface area contributed by atoms with Crippen LogP contribution in [0.4, 0.5) is 5.82 Å².